The number of carbonyl (C=O) groups is 2. The Balaban J connectivity index is 1.53. The first-order valence-electron chi connectivity index (χ1n) is 10.5. The number of alkyl halides is 2. The van der Waals surface area contributed by atoms with Crippen molar-refractivity contribution in [3.8, 4) is 0 Å². The molecule has 0 fully saturated rings. The van der Waals surface area contributed by atoms with Gasteiger partial charge in [0.1, 0.15) is 11.5 Å². The molecule has 1 unspecified atom stereocenters. The van der Waals surface area contributed by atoms with Gasteiger partial charge in [-0.2, -0.15) is 0 Å². The summed E-state index contributed by atoms with van der Waals surface area (Å²) in [6, 6.07) is 10.5. The molecule has 0 bridgehead atoms. The van der Waals surface area contributed by atoms with E-state index in [2.05, 4.69) is 15.3 Å². The summed E-state index contributed by atoms with van der Waals surface area (Å²) in [5.41, 5.74) is 1.90. The molecule has 1 aliphatic rings. The zero-order chi connectivity index (χ0) is 23.5. The van der Waals surface area contributed by atoms with Crippen LogP contribution in [0.25, 0.3) is 0 Å². The van der Waals surface area contributed by atoms with Gasteiger partial charge < -0.3 is 10.2 Å². The van der Waals surface area contributed by atoms with Gasteiger partial charge in [0.2, 0.25) is 0 Å². The number of benzene rings is 1. The lowest BCUT2D eigenvalue weighted by Gasteiger charge is -2.29. The van der Waals surface area contributed by atoms with Crippen LogP contribution in [0.4, 0.5) is 18.9 Å². The number of fused-ring (bicyclic) bond motifs is 1. The van der Waals surface area contributed by atoms with Crippen molar-refractivity contribution >= 4 is 17.5 Å². The number of aromatic nitrogens is 2. The van der Waals surface area contributed by atoms with Crippen molar-refractivity contribution in [2.75, 3.05) is 11.4 Å². The van der Waals surface area contributed by atoms with Crippen LogP contribution >= 0.6 is 0 Å². The number of hydrogen-bond acceptors (Lipinski definition) is 4. The van der Waals surface area contributed by atoms with Crippen LogP contribution in [0.1, 0.15) is 63.6 Å². The highest BCUT2D eigenvalue weighted by atomic mass is 19.3. The van der Waals surface area contributed by atoms with Gasteiger partial charge in [-0.25, -0.2) is 13.2 Å². The minimum atomic E-state index is -2.69. The Bertz CT molecular complexity index is 1180. The fourth-order valence-corrected chi connectivity index (χ4v) is 3.71. The van der Waals surface area contributed by atoms with Gasteiger partial charge in [0.25, 0.3) is 18.2 Å². The summed E-state index contributed by atoms with van der Waals surface area (Å²) in [6.07, 6.45) is -0.202. The van der Waals surface area contributed by atoms with Crippen LogP contribution in [0.2, 0.25) is 0 Å². The summed E-state index contributed by atoms with van der Waals surface area (Å²) in [7, 11) is 0. The molecule has 170 valence electrons. The van der Waals surface area contributed by atoms with E-state index in [1.165, 1.54) is 41.4 Å². The summed E-state index contributed by atoms with van der Waals surface area (Å²) >= 11 is 0. The number of rotatable bonds is 5. The molecule has 1 atom stereocenters. The van der Waals surface area contributed by atoms with E-state index in [9.17, 15) is 22.8 Å². The van der Waals surface area contributed by atoms with Crippen LogP contribution < -0.4 is 10.2 Å². The number of anilines is 1. The molecule has 3 heterocycles. The highest BCUT2D eigenvalue weighted by Gasteiger charge is 2.27. The predicted molar refractivity (Wildman–Crippen MR) is 116 cm³/mol. The van der Waals surface area contributed by atoms with E-state index in [4.69, 9.17) is 0 Å². The maximum absolute atomic E-state index is 13.1. The number of aryl methyl sites for hydroxylation is 1. The van der Waals surface area contributed by atoms with Crippen molar-refractivity contribution in [2.24, 2.45) is 0 Å². The second-order valence-corrected chi connectivity index (χ2v) is 7.74. The van der Waals surface area contributed by atoms with Gasteiger partial charge in [-0.05, 0) is 68.3 Å². The zero-order valence-corrected chi connectivity index (χ0v) is 17.8. The molecule has 1 aromatic carbocycles. The van der Waals surface area contributed by atoms with E-state index in [0.717, 1.165) is 6.07 Å². The molecule has 0 aliphatic carbocycles. The maximum atomic E-state index is 13.1. The number of pyridine rings is 2. The average Bonchev–Trinajstić information content (AvgIpc) is 2.83. The Hall–Kier alpha value is -3.75. The maximum Gasteiger partial charge on any atom is 0.276 e. The number of carbonyl (C=O) groups excluding carboxylic acids is 2. The first-order valence-corrected chi connectivity index (χ1v) is 10.5. The number of hydrogen-bond donors (Lipinski definition) is 1. The largest absolute Gasteiger partial charge is 0.344 e. The Morgan fingerprint density at radius 3 is 2.58 bits per heavy atom. The standard InChI is InChI=1S/C24H21F3N4O2/c1-14(29-23(32)15-4-6-17(25)7-5-15)18-8-9-21-19(30-18)3-2-12-31(21)24(33)20-13-16(22(26)27)10-11-28-20/h4-11,13-14,22H,2-3,12H2,1H3,(H,29,32). The Morgan fingerprint density at radius 1 is 1.09 bits per heavy atom. The summed E-state index contributed by atoms with van der Waals surface area (Å²) in [5.74, 6) is -1.25. The van der Waals surface area contributed by atoms with Crippen LogP contribution in [-0.2, 0) is 6.42 Å². The number of nitrogens with one attached hydrogen (secondary N) is 1. The summed E-state index contributed by atoms with van der Waals surface area (Å²) in [5, 5.41) is 2.83. The van der Waals surface area contributed by atoms with Crippen molar-refractivity contribution in [1.82, 2.24) is 15.3 Å². The van der Waals surface area contributed by atoms with Gasteiger partial charge in [0.05, 0.1) is 23.1 Å². The Kier molecular flexibility index (Phi) is 6.39. The lowest BCUT2D eigenvalue weighted by atomic mass is 10.0. The minimum Gasteiger partial charge on any atom is -0.344 e. The predicted octanol–water partition coefficient (Wildman–Crippen LogP) is 4.64. The Labute approximate surface area is 188 Å². The topological polar surface area (TPSA) is 75.2 Å². The van der Waals surface area contributed by atoms with Crippen molar-refractivity contribution in [1.29, 1.82) is 0 Å². The fraction of sp³-hybridized carbons (Fsp3) is 0.250. The number of halogens is 3. The normalized spacial score (nSPS) is 14.0. The first-order chi connectivity index (χ1) is 15.8. The molecule has 1 aliphatic heterocycles. The van der Waals surface area contributed by atoms with Crippen LogP contribution in [0.5, 0.6) is 0 Å². The van der Waals surface area contributed by atoms with E-state index < -0.39 is 24.2 Å². The molecular formula is C24H21F3N4O2. The molecule has 6 nitrogen and oxygen atoms in total. The third kappa shape index (κ3) is 4.87. The molecule has 0 saturated carbocycles. The van der Waals surface area contributed by atoms with Gasteiger partial charge >= 0.3 is 0 Å². The average molecular weight is 454 g/mol. The molecule has 2 amide bonds. The quantitative estimate of drug-likeness (QED) is 0.610. The second kappa shape index (κ2) is 9.40. The third-order valence-electron chi connectivity index (χ3n) is 5.46. The zero-order valence-electron chi connectivity index (χ0n) is 17.8. The lowest BCUT2D eigenvalue weighted by molar-refractivity contribution is 0.0938. The Morgan fingerprint density at radius 2 is 1.85 bits per heavy atom. The molecule has 2 aromatic heterocycles. The molecule has 0 saturated heterocycles. The van der Waals surface area contributed by atoms with Crippen LogP contribution in [0.3, 0.4) is 0 Å². The SMILES string of the molecule is CC(NC(=O)c1ccc(F)cc1)c1ccc2c(n1)CCCN2C(=O)c1cc(C(F)F)ccn1. The third-order valence-corrected chi connectivity index (χ3v) is 5.46. The van der Waals surface area contributed by atoms with Crippen molar-refractivity contribution in [2.45, 2.75) is 32.2 Å². The monoisotopic (exact) mass is 454 g/mol. The highest BCUT2D eigenvalue weighted by molar-refractivity contribution is 6.05. The molecule has 9 heteroatoms. The van der Waals surface area contributed by atoms with Gasteiger partial charge in [0, 0.05) is 23.9 Å². The summed E-state index contributed by atoms with van der Waals surface area (Å²) < 4.78 is 39.1. The highest BCUT2D eigenvalue weighted by Crippen LogP contribution is 2.29. The van der Waals surface area contributed by atoms with Gasteiger partial charge in [0.15, 0.2) is 0 Å². The van der Waals surface area contributed by atoms with Crippen LogP contribution in [0, 0.1) is 5.82 Å². The molecule has 0 radical (unpaired) electrons. The number of amides is 2. The van der Waals surface area contributed by atoms with Crippen molar-refractivity contribution in [3.05, 3.63) is 88.8 Å². The van der Waals surface area contributed by atoms with Gasteiger partial charge in [-0.15, -0.1) is 0 Å². The smallest absolute Gasteiger partial charge is 0.276 e. The van der Waals surface area contributed by atoms with E-state index in [1.807, 2.05) is 0 Å². The molecule has 4 rings (SSSR count). The van der Waals surface area contributed by atoms with Crippen LogP contribution in [0.15, 0.2) is 54.7 Å². The fourth-order valence-electron chi connectivity index (χ4n) is 3.71. The second-order valence-electron chi connectivity index (χ2n) is 7.74. The van der Waals surface area contributed by atoms with Gasteiger partial charge in [-0.1, -0.05) is 0 Å². The summed E-state index contributed by atoms with van der Waals surface area (Å²) in [4.78, 5) is 35.5. The first kappa shape index (κ1) is 22.4. The van der Waals surface area contributed by atoms with Crippen LogP contribution in [-0.4, -0.2) is 28.3 Å². The van der Waals surface area contributed by atoms with E-state index in [-0.39, 0.29) is 17.2 Å². The molecule has 0 spiro atoms. The molecular weight excluding hydrogens is 433 g/mol. The summed E-state index contributed by atoms with van der Waals surface area (Å²) in [6.45, 7) is 2.20. The van der Waals surface area contributed by atoms with E-state index >= 15 is 0 Å². The molecule has 33 heavy (non-hydrogen) atoms. The molecule has 1 N–H and O–H groups in total. The van der Waals surface area contributed by atoms with Crippen molar-refractivity contribution < 1.29 is 22.8 Å². The number of nitrogens with zero attached hydrogens (tertiary/aromatic N) is 3. The van der Waals surface area contributed by atoms with Crippen molar-refractivity contribution in [3.63, 3.8) is 0 Å². The molecule has 3 aromatic rings. The van der Waals surface area contributed by atoms with E-state index in [0.29, 0.717) is 42.0 Å². The minimum absolute atomic E-state index is 0.0512. The van der Waals surface area contributed by atoms with Gasteiger partial charge in [-0.3, -0.25) is 19.6 Å². The lowest BCUT2D eigenvalue weighted by Crippen LogP contribution is -2.36. The van der Waals surface area contributed by atoms with E-state index in [1.54, 1.807) is 19.1 Å².